The second-order valence-corrected chi connectivity index (χ2v) is 4.46. The van der Waals surface area contributed by atoms with E-state index >= 15 is 0 Å². The zero-order chi connectivity index (χ0) is 12.4. The lowest BCUT2D eigenvalue weighted by Gasteiger charge is -2.01. The third kappa shape index (κ3) is 2.26. The third-order valence-electron chi connectivity index (χ3n) is 3.16. The fourth-order valence-corrected chi connectivity index (χ4v) is 2.19. The summed E-state index contributed by atoms with van der Waals surface area (Å²) in [6.45, 7) is 0.988. The number of nitrogens with one attached hydrogen (secondary N) is 1. The second-order valence-electron chi connectivity index (χ2n) is 4.46. The number of rotatable bonds is 3. The molecule has 1 aliphatic heterocycles. The SMILES string of the molecule is Fc1ccccc1Cc1nc(C2CCCN2)no1. The fourth-order valence-electron chi connectivity index (χ4n) is 2.19. The molecule has 1 fully saturated rings. The highest BCUT2D eigenvalue weighted by Crippen LogP contribution is 2.21. The predicted octanol–water partition coefficient (Wildman–Crippen LogP) is 2.22. The zero-order valence-corrected chi connectivity index (χ0v) is 9.90. The van der Waals surface area contributed by atoms with E-state index in [1.54, 1.807) is 18.2 Å². The minimum Gasteiger partial charge on any atom is -0.339 e. The lowest BCUT2D eigenvalue weighted by atomic mass is 10.1. The molecule has 3 rings (SSSR count). The summed E-state index contributed by atoms with van der Waals surface area (Å²) in [7, 11) is 0. The van der Waals surface area contributed by atoms with Crippen LogP contribution in [0.15, 0.2) is 28.8 Å². The van der Waals surface area contributed by atoms with Crippen molar-refractivity contribution < 1.29 is 8.91 Å². The van der Waals surface area contributed by atoms with Gasteiger partial charge in [-0.1, -0.05) is 23.4 Å². The van der Waals surface area contributed by atoms with Crippen molar-refractivity contribution in [2.75, 3.05) is 6.54 Å². The first kappa shape index (κ1) is 11.3. The lowest BCUT2D eigenvalue weighted by molar-refractivity contribution is 0.372. The Bertz CT molecular complexity index is 535. The molecule has 1 unspecified atom stereocenters. The number of hydrogen-bond acceptors (Lipinski definition) is 4. The van der Waals surface area contributed by atoms with Crippen molar-refractivity contribution >= 4 is 0 Å². The molecule has 1 aromatic carbocycles. The van der Waals surface area contributed by atoms with Crippen molar-refractivity contribution in [3.63, 3.8) is 0 Å². The zero-order valence-electron chi connectivity index (χ0n) is 9.90. The molecule has 1 aromatic heterocycles. The van der Waals surface area contributed by atoms with E-state index in [1.807, 2.05) is 0 Å². The molecule has 0 amide bonds. The predicted molar refractivity (Wildman–Crippen MR) is 63.5 cm³/mol. The van der Waals surface area contributed by atoms with Crippen LogP contribution in [0.25, 0.3) is 0 Å². The van der Waals surface area contributed by atoms with E-state index < -0.39 is 0 Å². The van der Waals surface area contributed by atoms with E-state index in [9.17, 15) is 4.39 Å². The molecule has 0 bridgehead atoms. The highest BCUT2D eigenvalue weighted by atomic mass is 19.1. The molecule has 0 spiro atoms. The van der Waals surface area contributed by atoms with Gasteiger partial charge in [-0.15, -0.1) is 0 Å². The summed E-state index contributed by atoms with van der Waals surface area (Å²) in [4.78, 5) is 4.32. The number of nitrogens with zero attached hydrogens (tertiary/aromatic N) is 2. The van der Waals surface area contributed by atoms with E-state index in [1.165, 1.54) is 6.07 Å². The van der Waals surface area contributed by atoms with Gasteiger partial charge in [0, 0.05) is 0 Å². The molecule has 1 aliphatic rings. The van der Waals surface area contributed by atoms with Crippen molar-refractivity contribution in [2.24, 2.45) is 0 Å². The van der Waals surface area contributed by atoms with Gasteiger partial charge in [0.2, 0.25) is 5.89 Å². The van der Waals surface area contributed by atoms with Crippen LogP contribution in [0.3, 0.4) is 0 Å². The Hall–Kier alpha value is -1.75. The third-order valence-corrected chi connectivity index (χ3v) is 3.16. The van der Waals surface area contributed by atoms with E-state index in [4.69, 9.17) is 4.52 Å². The Morgan fingerprint density at radius 3 is 3.06 bits per heavy atom. The van der Waals surface area contributed by atoms with Gasteiger partial charge in [0.1, 0.15) is 5.82 Å². The van der Waals surface area contributed by atoms with Crippen molar-refractivity contribution in [3.8, 4) is 0 Å². The molecule has 1 atom stereocenters. The van der Waals surface area contributed by atoms with Gasteiger partial charge in [-0.3, -0.25) is 0 Å². The van der Waals surface area contributed by atoms with Gasteiger partial charge in [-0.2, -0.15) is 4.98 Å². The summed E-state index contributed by atoms with van der Waals surface area (Å²) in [6.07, 6.45) is 2.49. The number of aromatic nitrogens is 2. The van der Waals surface area contributed by atoms with Crippen molar-refractivity contribution in [1.29, 1.82) is 0 Å². The van der Waals surface area contributed by atoms with E-state index in [0.717, 1.165) is 19.4 Å². The highest BCUT2D eigenvalue weighted by molar-refractivity contribution is 5.20. The average molecular weight is 247 g/mol. The molecule has 18 heavy (non-hydrogen) atoms. The maximum Gasteiger partial charge on any atom is 0.231 e. The van der Waals surface area contributed by atoms with Gasteiger partial charge < -0.3 is 9.84 Å². The summed E-state index contributed by atoms with van der Waals surface area (Å²) in [6, 6.07) is 6.82. The van der Waals surface area contributed by atoms with Crippen molar-refractivity contribution in [3.05, 3.63) is 47.4 Å². The Morgan fingerprint density at radius 2 is 2.28 bits per heavy atom. The standard InChI is InChI=1S/C13H14FN3O/c14-10-5-2-1-4-9(10)8-12-16-13(17-18-12)11-6-3-7-15-11/h1-2,4-5,11,15H,3,6-8H2. The van der Waals surface area contributed by atoms with Crippen LogP contribution in [-0.2, 0) is 6.42 Å². The minimum absolute atomic E-state index is 0.183. The molecular weight excluding hydrogens is 233 g/mol. The Labute approximate surface area is 104 Å². The Kier molecular flexibility index (Phi) is 3.06. The minimum atomic E-state index is -0.240. The van der Waals surface area contributed by atoms with E-state index in [0.29, 0.717) is 23.7 Å². The van der Waals surface area contributed by atoms with Crippen LogP contribution >= 0.6 is 0 Å². The van der Waals surface area contributed by atoms with Crippen LogP contribution in [0.5, 0.6) is 0 Å². The first-order valence-electron chi connectivity index (χ1n) is 6.12. The molecule has 0 saturated carbocycles. The maximum absolute atomic E-state index is 13.5. The van der Waals surface area contributed by atoms with Gasteiger partial charge in [-0.05, 0) is 31.0 Å². The summed E-state index contributed by atoms with van der Waals surface area (Å²) in [5.74, 6) is 0.902. The molecular formula is C13H14FN3O. The molecule has 4 nitrogen and oxygen atoms in total. The summed E-state index contributed by atoms with van der Waals surface area (Å²) in [5, 5.41) is 7.26. The smallest absolute Gasteiger partial charge is 0.231 e. The molecule has 0 aliphatic carbocycles. The van der Waals surface area contributed by atoms with Gasteiger partial charge in [0.05, 0.1) is 12.5 Å². The molecule has 2 heterocycles. The monoisotopic (exact) mass is 247 g/mol. The van der Waals surface area contributed by atoms with Crippen LogP contribution in [0.4, 0.5) is 4.39 Å². The van der Waals surface area contributed by atoms with Crippen LogP contribution in [0.2, 0.25) is 0 Å². The van der Waals surface area contributed by atoms with Crippen LogP contribution in [0.1, 0.15) is 36.2 Å². The van der Waals surface area contributed by atoms with Gasteiger partial charge >= 0.3 is 0 Å². The Morgan fingerprint density at radius 1 is 1.39 bits per heavy atom. The molecule has 2 aromatic rings. The van der Waals surface area contributed by atoms with Gasteiger partial charge in [0.25, 0.3) is 0 Å². The number of benzene rings is 1. The van der Waals surface area contributed by atoms with Crippen LogP contribution in [0, 0.1) is 5.82 Å². The fraction of sp³-hybridized carbons (Fsp3) is 0.385. The first-order chi connectivity index (χ1) is 8.83. The van der Waals surface area contributed by atoms with Gasteiger partial charge in [-0.25, -0.2) is 4.39 Å². The van der Waals surface area contributed by atoms with Crippen molar-refractivity contribution in [1.82, 2.24) is 15.5 Å². The largest absolute Gasteiger partial charge is 0.339 e. The van der Waals surface area contributed by atoms with Crippen molar-refractivity contribution in [2.45, 2.75) is 25.3 Å². The first-order valence-corrected chi connectivity index (χ1v) is 6.12. The van der Waals surface area contributed by atoms with Crippen LogP contribution in [-0.4, -0.2) is 16.7 Å². The molecule has 0 radical (unpaired) electrons. The summed E-state index contributed by atoms with van der Waals surface area (Å²) in [5.41, 5.74) is 0.576. The summed E-state index contributed by atoms with van der Waals surface area (Å²) < 4.78 is 18.6. The second kappa shape index (κ2) is 4.86. The van der Waals surface area contributed by atoms with E-state index in [-0.39, 0.29) is 11.9 Å². The summed E-state index contributed by atoms with van der Waals surface area (Å²) >= 11 is 0. The van der Waals surface area contributed by atoms with E-state index in [2.05, 4.69) is 15.5 Å². The number of halogens is 1. The molecule has 94 valence electrons. The van der Waals surface area contributed by atoms with Gasteiger partial charge in [0.15, 0.2) is 5.82 Å². The maximum atomic E-state index is 13.5. The highest BCUT2D eigenvalue weighted by Gasteiger charge is 2.21. The lowest BCUT2D eigenvalue weighted by Crippen LogP contribution is -2.14. The molecule has 1 saturated heterocycles. The normalized spacial score (nSPS) is 19.3. The molecule has 1 N–H and O–H groups in total. The quantitative estimate of drug-likeness (QED) is 0.903. The Balaban J connectivity index is 1.75. The van der Waals surface area contributed by atoms with Crippen LogP contribution < -0.4 is 5.32 Å². The molecule has 5 heteroatoms. The number of hydrogen-bond donors (Lipinski definition) is 1. The topological polar surface area (TPSA) is 51.0 Å². The average Bonchev–Trinajstić information content (AvgIpc) is 3.02.